The van der Waals surface area contributed by atoms with E-state index in [0.717, 1.165) is 34.5 Å². The Hall–Kier alpha value is -1.33. The van der Waals surface area contributed by atoms with E-state index in [0.29, 0.717) is 0 Å². The van der Waals surface area contributed by atoms with Crippen LogP contribution in [0.5, 0.6) is 0 Å². The van der Waals surface area contributed by atoms with E-state index < -0.39 is 0 Å². The van der Waals surface area contributed by atoms with Crippen molar-refractivity contribution >= 4 is 44.5 Å². The van der Waals surface area contributed by atoms with Crippen molar-refractivity contribution in [2.75, 3.05) is 10.6 Å². The number of carbonyl (C=O) groups excluding carboxylic acids is 1. The first-order valence-corrected chi connectivity index (χ1v) is 8.26. The van der Waals surface area contributed by atoms with Crippen molar-refractivity contribution in [3.63, 3.8) is 0 Å². The van der Waals surface area contributed by atoms with Crippen LogP contribution in [0.15, 0.2) is 39.5 Å². The topological polar surface area (TPSA) is 41.1 Å². The molecule has 1 fully saturated rings. The second-order valence-corrected chi connectivity index (χ2v) is 7.25. The van der Waals surface area contributed by atoms with Crippen LogP contribution in [0, 0.1) is 5.92 Å². The molecule has 1 aliphatic carbocycles. The normalized spacial score (nSPS) is 14.1. The van der Waals surface area contributed by atoms with Crippen LogP contribution in [0.25, 0.3) is 0 Å². The Balaban J connectivity index is 1.60. The van der Waals surface area contributed by atoms with E-state index in [4.69, 9.17) is 0 Å². The average molecular weight is 351 g/mol. The number of benzene rings is 1. The molecule has 0 spiro atoms. The molecule has 1 saturated carbocycles. The van der Waals surface area contributed by atoms with Crippen molar-refractivity contribution in [2.45, 2.75) is 19.4 Å². The first-order chi connectivity index (χ1) is 9.70. The molecule has 1 aromatic heterocycles. The van der Waals surface area contributed by atoms with Gasteiger partial charge in [0.2, 0.25) is 5.91 Å². The summed E-state index contributed by atoms with van der Waals surface area (Å²) in [4.78, 5) is 11.7. The monoisotopic (exact) mass is 350 g/mol. The molecule has 1 heterocycles. The minimum atomic E-state index is 0.143. The van der Waals surface area contributed by atoms with E-state index in [1.165, 1.54) is 5.56 Å². The van der Waals surface area contributed by atoms with Gasteiger partial charge in [0.15, 0.2) is 0 Å². The summed E-state index contributed by atoms with van der Waals surface area (Å²) >= 11 is 5.14. The van der Waals surface area contributed by atoms with Crippen LogP contribution in [0.3, 0.4) is 0 Å². The summed E-state index contributed by atoms with van der Waals surface area (Å²) in [5.41, 5.74) is 3.12. The predicted molar refractivity (Wildman–Crippen MR) is 87.1 cm³/mol. The lowest BCUT2D eigenvalue weighted by Crippen LogP contribution is -2.13. The Bertz CT molecular complexity index is 622. The zero-order chi connectivity index (χ0) is 13.9. The molecule has 20 heavy (non-hydrogen) atoms. The van der Waals surface area contributed by atoms with Gasteiger partial charge in [-0.15, -0.1) is 11.3 Å². The van der Waals surface area contributed by atoms with Gasteiger partial charge in [-0.2, -0.15) is 0 Å². The molecule has 1 aromatic carbocycles. The molecular weight excluding hydrogens is 336 g/mol. The van der Waals surface area contributed by atoms with Gasteiger partial charge in [-0.05, 0) is 64.0 Å². The molecule has 0 bridgehead atoms. The number of thiophene rings is 1. The molecule has 1 aliphatic rings. The Labute approximate surface area is 130 Å². The smallest absolute Gasteiger partial charge is 0.227 e. The van der Waals surface area contributed by atoms with Gasteiger partial charge in [-0.3, -0.25) is 4.79 Å². The fourth-order valence-electron chi connectivity index (χ4n) is 1.94. The van der Waals surface area contributed by atoms with Crippen LogP contribution in [-0.4, -0.2) is 5.91 Å². The van der Waals surface area contributed by atoms with Crippen LogP contribution in [0.2, 0.25) is 0 Å². The Kier molecular flexibility index (Phi) is 4.08. The zero-order valence-corrected chi connectivity index (χ0v) is 13.3. The molecule has 0 unspecified atom stereocenters. The van der Waals surface area contributed by atoms with Crippen molar-refractivity contribution < 1.29 is 4.79 Å². The van der Waals surface area contributed by atoms with Gasteiger partial charge in [0.1, 0.15) is 0 Å². The van der Waals surface area contributed by atoms with Crippen LogP contribution < -0.4 is 10.6 Å². The molecule has 2 aromatic rings. The third-order valence-corrected chi connectivity index (χ3v) is 4.75. The van der Waals surface area contributed by atoms with Gasteiger partial charge in [0, 0.05) is 23.8 Å². The number of rotatable bonds is 5. The van der Waals surface area contributed by atoms with Gasteiger partial charge in [-0.1, -0.05) is 6.07 Å². The Morgan fingerprint density at radius 2 is 2.10 bits per heavy atom. The molecule has 3 nitrogen and oxygen atoms in total. The van der Waals surface area contributed by atoms with E-state index >= 15 is 0 Å². The first-order valence-electron chi connectivity index (χ1n) is 6.58. The molecule has 104 valence electrons. The highest BCUT2D eigenvalue weighted by atomic mass is 79.9. The van der Waals surface area contributed by atoms with Crippen LogP contribution in [0.4, 0.5) is 11.4 Å². The maximum Gasteiger partial charge on any atom is 0.227 e. The van der Waals surface area contributed by atoms with Crippen LogP contribution in [0.1, 0.15) is 18.4 Å². The number of nitrogens with one attached hydrogen (secondary N) is 2. The van der Waals surface area contributed by atoms with Gasteiger partial charge in [-0.25, -0.2) is 0 Å². The number of carbonyl (C=O) groups is 1. The molecule has 0 aliphatic heterocycles. The van der Waals surface area contributed by atoms with Gasteiger partial charge in [0.05, 0.1) is 3.79 Å². The summed E-state index contributed by atoms with van der Waals surface area (Å²) in [7, 11) is 0. The van der Waals surface area contributed by atoms with Crippen molar-refractivity contribution in [1.29, 1.82) is 0 Å². The molecular formula is C15H15BrN2OS. The second-order valence-electron chi connectivity index (χ2n) is 4.96. The highest BCUT2D eigenvalue weighted by Crippen LogP contribution is 2.30. The summed E-state index contributed by atoms with van der Waals surface area (Å²) in [6, 6.07) is 9.97. The SMILES string of the molecule is O=C(Nc1cccc(NCc2csc(Br)c2)c1)C1CC1. The van der Waals surface area contributed by atoms with Crippen molar-refractivity contribution in [3.8, 4) is 0 Å². The van der Waals surface area contributed by atoms with Crippen LogP contribution in [-0.2, 0) is 11.3 Å². The third-order valence-electron chi connectivity index (χ3n) is 3.20. The summed E-state index contributed by atoms with van der Waals surface area (Å²) in [5, 5.41) is 8.45. The second kappa shape index (κ2) is 5.97. The van der Waals surface area contributed by atoms with E-state index in [9.17, 15) is 4.79 Å². The van der Waals surface area contributed by atoms with Crippen molar-refractivity contribution in [3.05, 3.63) is 45.1 Å². The fraction of sp³-hybridized carbons (Fsp3) is 0.267. The van der Waals surface area contributed by atoms with Crippen LogP contribution >= 0.6 is 27.3 Å². The van der Waals surface area contributed by atoms with Gasteiger partial charge < -0.3 is 10.6 Å². The largest absolute Gasteiger partial charge is 0.381 e. The van der Waals surface area contributed by atoms with Gasteiger partial charge in [0.25, 0.3) is 0 Å². The maximum atomic E-state index is 11.7. The average Bonchev–Trinajstić information content (AvgIpc) is 3.20. The third kappa shape index (κ3) is 3.61. The minimum Gasteiger partial charge on any atom is -0.381 e. The lowest BCUT2D eigenvalue weighted by atomic mass is 10.2. The minimum absolute atomic E-state index is 0.143. The summed E-state index contributed by atoms with van der Waals surface area (Å²) in [6.45, 7) is 0.780. The summed E-state index contributed by atoms with van der Waals surface area (Å²) in [5.74, 6) is 0.374. The molecule has 2 N–H and O–H groups in total. The summed E-state index contributed by atoms with van der Waals surface area (Å²) in [6.07, 6.45) is 2.05. The highest BCUT2D eigenvalue weighted by Gasteiger charge is 2.29. The van der Waals surface area contributed by atoms with E-state index in [1.807, 2.05) is 24.3 Å². The number of anilines is 2. The molecule has 5 heteroatoms. The first kappa shape index (κ1) is 13.6. The maximum absolute atomic E-state index is 11.7. The Morgan fingerprint density at radius 3 is 2.80 bits per heavy atom. The molecule has 0 saturated heterocycles. The molecule has 0 radical (unpaired) electrons. The molecule has 1 amide bonds. The molecule has 0 atom stereocenters. The lowest BCUT2D eigenvalue weighted by molar-refractivity contribution is -0.117. The highest BCUT2D eigenvalue weighted by molar-refractivity contribution is 9.11. The predicted octanol–water partition coefficient (Wildman–Crippen LogP) is 4.47. The van der Waals surface area contributed by atoms with Crippen molar-refractivity contribution in [1.82, 2.24) is 0 Å². The number of halogens is 1. The lowest BCUT2D eigenvalue weighted by Gasteiger charge is -2.08. The number of hydrogen-bond donors (Lipinski definition) is 2. The standard InChI is InChI=1S/C15H15BrN2OS/c16-14-6-10(9-20-14)8-17-12-2-1-3-13(7-12)18-15(19)11-4-5-11/h1-3,6-7,9,11,17H,4-5,8H2,(H,18,19). The fourth-order valence-corrected chi connectivity index (χ4v) is 3.15. The molecule has 3 rings (SSSR count). The van der Waals surface area contributed by atoms with Gasteiger partial charge >= 0.3 is 0 Å². The summed E-state index contributed by atoms with van der Waals surface area (Å²) < 4.78 is 1.14. The van der Waals surface area contributed by atoms with Crippen molar-refractivity contribution in [2.24, 2.45) is 5.92 Å². The number of hydrogen-bond acceptors (Lipinski definition) is 3. The van der Waals surface area contributed by atoms with E-state index in [-0.39, 0.29) is 11.8 Å². The number of amides is 1. The Morgan fingerprint density at radius 1 is 1.30 bits per heavy atom. The zero-order valence-electron chi connectivity index (χ0n) is 10.9. The quantitative estimate of drug-likeness (QED) is 0.834. The van der Waals surface area contributed by atoms with E-state index in [2.05, 4.69) is 38.0 Å². The van der Waals surface area contributed by atoms with E-state index in [1.54, 1.807) is 11.3 Å².